The van der Waals surface area contributed by atoms with E-state index < -0.39 is 11.6 Å². The smallest absolute Gasteiger partial charge is 0.318 e. The molecule has 1 aromatic carbocycles. The molecule has 0 unspecified atom stereocenters. The molecular weight excluding hydrogens is 380 g/mol. The molecule has 0 saturated heterocycles. The first-order chi connectivity index (χ1) is 14.0. The number of nitrogens with zero attached hydrogens (tertiary/aromatic N) is 5. The summed E-state index contributed by atoms with van der Waals surface area (Å²) in [5, 5.41) is 0. The molecule has 0 aliphatic heterocycles. The van der Waals surface area contributed by atoms with Crippen molar-refractivity contribution in [1.29, 1.82) is 0 Å². The average Bonchev–Trinajstić information content (AvgIpc) is 3.08. The van der Waals surface area contributed by atoms with E-state index in [2.05, 4.69) is 19.9 Å². The number of pyridine rings is 1. The van der Waals surface area contributed by atoms with Gasteiger partial charge in [-0.1, -0.05) is 12.1 Å². The highest BCUT2D eigenvalue weighted by atomic mass is 19.1. The lowest BCUT2D eigenvalue weighted by atomic mass is 10.1. The third-order valence-electron chi connectivity index (χ3n) is 4.44. The second-order valence-corrected chi connectivity index (χ2v) is 6.35. The van der Waals surface area contributed by atoms with E-state index in [1.807, 2.05) is 0 Å². The Kier molecular flexibility index (Phi) is 4.71. The topological polar surface area (TPSA) is 82.8 Å². The van der Waals surface area contributed by atoms with E-state index in [0.717, 1.165) is 12.3 Å². The number of ether oxygens (including phenoxy) is 1. The van der Waals surface area contributed by atoms with Crippen molar-refractivity contribution in [3.8, 4) is 17.4 Å². The first-order valence-electron chi connectivity index (χ1n) is 8.63. The number of benzene rings is 1. The number of halogens is 2. The Labute approximate surface area is 164 Å². The van der Waals surface area contributed by atoms with Gasteiger partial charge in [-0.3, -0.25) is 9.78 Å². The Bertz CT molecular complexity index is 1240. The highest BCUT2D eigenvalue weighted by molar-refractivity contribution is 5.79. The number of aromatic nitrogens is 5. The molecule has 0 atom stereocenters. The number of methoxy groups -OCH3 is 1. The van der Waals surface area contributed by atoms with Crippen LogP contribution < -0.4 is 4.74 Å². The summed E-state index contributed by atoms with van der Waals surface area (Å²) in [6.07, 6.45) is 3.12. The molecule has 4 rings (SSSR count). The molecule has 0 aliphatic carbocycles. The van der Waals surface area contributed by atoms with E-state index in [0.29, 0.717) is 40.1 Å². The summed E-state index contributed by atoms with van der Waals surface area (Å²) in [7, 11) is 1.44. The lowest BCUT2D eigenvalue weighted by Gasteiger charge is -2.10. The molecule has 0 fully saturated rings. The summed E-state index contributed by atoms with van der Waals surface area (Å²) in [6.45, 7) is 1.80. The quantitative estimate of drug-likeness (QED) is 0.482. The number of hydrogen-bond donors (Lipinski definition) is 0. The van der Waals surface area contributed by atoms with Gasteiger partial charge in [0.15, 0.2) is 5.65 Å². The third-order valence-corrected chi connectivity index (χ3v) is 4.44. The normalized spacial score (nSPS) is 11.0. The van der Waals surface area contributed by atoms with Crippen LogP contribution in [0.25, 0.3) is 22.6 Å². The first-order valence-corrected chi connectivity index (χ1v) is 8.63. The van der Waals surface area contributed by atoms with Gasteiger partial charge in [0, 0.05) is 22.9 Å². The summed E-state index contributed by atoms with van der Waals surface area (Å²) in [4.78, 5) is 27.9. The van der Waals surface area contributed by atoms with Crippen molar-refractivity contribution in [2.24, 2.45) is 0 Å². The summed E-state index contributed by atoms with van der Waals surface area (Å²) in [5.74, 6) is -0.711. The van der Waals surface area contributed by atoms with Crippen molar-refractivity contribution in [2.45, 2.75) is 13.5 Å². The molecular formula is C20H15F2N5O2. The van der Waals surface area contributed by atoms with Crippen LogP contribution in [0.3, 0.4) is 0 Å². The van der Waals surface area contributed by atoms with Crippen LogP contribution in [-0.4, -0.2) is 37.9 Å². The van der Waals surface area contributed by atoms with Crippen LogP contribution in [0.1, 0.15) is 21.6 Å². The second kappa shape index (κ2) is 7.34. The number of carbonyl (C=O) groups is 1. The van der Waals surface area contributed by atoms with Gasteiger partial charge in [0.25, 0.3) is 0 Å². The maximum Gasteiger partial charge on any atom is 0.318 e. The molecule has 0 bridgehead atoms. The van der Waals surface area contributed by atoms with E-state index in [-0.39, 0.29) is 18.1 Å². The maximum absolute atomic E-state index is 14.5. The van der Waals surface area contributed by atoms with Gasteiger partial charge in [0.1, 0.15) is 29.3 Å². The summed E-state index contributed by atoms with van der Waals surface area (Å²) < 4.78 is 35.1. The van der Waals surface area contributed by atoms with Gasteiger partial charge in [-0.15, -0.1) is 0 Å². The Morgan fingerprint density at radius 1 is 1.14 bits per heavy atom. The largest absolute Gasteiger partial charge is 0.467 e. The van der Waals surface area contributed by atoms with Crippen LogP contribution in [0.15, 0.2) is 36.7 Å². The number of imidazole rings is 1. The lowest BCUT2D eigenvalue weighted by Crippen LogP contribution is -2.06. The first kappa shape index (κ1) is 18.6. The Balaban J connectivity index is 1.95. The molecule has 3 heterocycles. The van der Waals surface area contributed by atoms with Crippen molar-refractivity contribution < 1.29 is 18.3 Å². The average molecular weight is 395 g/mol. The number of carbonyl (C=O) groups excluding carboxylic acids is 1. The van der Waals surface area contributed by atoms with Crippen molar-refractivity contribution in [1.82, 2.24) is 24.5 Å². The monoisotopic (exact) mass is 395 g/mol. The fourth-order valence-corrected chi connectivity index (χ4v) is 3.04. The minimum Gasteiger partial charge on any atom is -0.467 e. The number of aryl methyl sites for hydroxylation is 1. The lowest BCUT2D eigenvalue weighted by molar-refractivity contribution is 0.112. The summed E-state index contributed by atoms with van der Waals surface area (Å²) in [5.41, 5.74) is 2.41. The van der Waals surface area contributed by atoms with Gasteiger partial charge < -0.3 is 9.30 Å². The zero-order chi connectivity index (χ0) is 20.5. The molecule has 3 aromatic heterocycles. The van der Waals surface area contributed by atoms with Crippen molar-refractivity contribution >= 4 is 17.5 Å². The highest BCUT2D eigenvalue weighted by Crippen LogP contribution is 2.28. The van der Waals surface area contributed by atoms with Gasteiger partial charge in [-0.25, -0.2) is 13.8 Å². The molecule has 7 nitrogen and oxygen atoms in total. The zero-order valence-electron chi connectivity index (χ0n) is 15.6. The van der Waals surface area contributed by atoms with Crippen molar-refractivity contribution in [2.75, 3.05) is 7.11 Å². The molecule has 0 aliphatic rings. The van der Waals surface area contributed by atoms with Crippen molar-refractivity contribution in [3.63, 3.8) is 0 Å². The fraction of sp³-hybridized carbons (Fsp3) is 0.150. The Morgan fingerprint density at radius 3 is 2.66 bits per heavy atom. The fourth-order valence-electron chi connectivity index (χ4n) is 3.04. The van der Waals surface area contributed by atoms with E-state index >= 15 is 0 Å². The maximum atomic E-state index is 14.5. The van der Waals surface area contributed by atoms with Crippen LogP contribution in [0, 0.1) is 18.6 Å². The molecule has 0 N–H and O–H groups in total. The van der Waals surface area contributed by atoms with E-state index in [4.69, 9.17) is 4.74 Å². The number of aldehydes is 1. The van der Waals surface area contributed by atoms with Gasteiger partial charge in [0.05, 0.1) is 25.5 Å². The molecule has 29 heavy (non-hydrogen) atoms. The summed E-state index contributed by atoms with van der Waals surface area (Å²) >= 11 is 0. The van der Waals surface area contributed by atoms with Crippen LogP contribution in [0.2, 0.25) is 0 Å². The second-order valence-electron chi connectivity index (χ2n) is 6.35. The molecule has 4 aromatic rings. The summed E-state index contributed by atoms with van der Waals surface area (Å²) in [6, 6.07) is 5.62. The molecule has 0 spiro atoms. The number of fused-ring (bicyclic) bond motifs is 1. The van der Waals surface area contributed by atoms with Crippen LogP contribution in [0.5, 0.6) is 6.01 Å². The van der Waals surface area contributed by atoms with Gasteiger partial charge >= 0.3 is 6.01 Å². The van der Waals surface area contributed by atoms with Crippen LogP contribution in [0.4, 0.5) is 8.78 Å². The number of rotatable bonds is 5. The predicted molar refractivity (Wildman–Crippen MR) is 101 cm³/mol. The molecule has 0 radical (unpaired) electrons. The van der Waals surface area contributed by atoms with Gasteiger partial charge in [-0.2, -0.15) is 9.97 Å². The standard InChI is InChI=1S/C20H15F2N5O2/c1-11-17-19(26-20(24-11)29-2)27(9-13-4-3-12(10-28)5-16(13)22)18(25-17)14-6-15(21)8-23-7-14/h3-8,10H,9H2,1-2H3. The minimum atomic E-state index is -0.544. The van der Waals surface area contributed by atoms with E-state index in [9.17, 15) is 13.6 Å². The minimum absolute atomic E-state index is 0.0485. The zero-order valence-corrected chi connectivity index (χ0v) is 15.6. The van der Waals surface area contributed by atoms with Gasteiger partial charge in [0.2, 0.25) is 0 Å². The molecule has 9 heteroatoms. The van der Waals surface area contributed by atoms with Crippen LogP contribution in [-0.2, 0) is 6.54 Å². The SMILES string of the molecule is COc1nc(C)c2nc(-c3cncc(F)c3)n(Cc3ccc(C=O)cc3F)c2n1. The number of hydrogen-bond acceptors (Lipinski definition) is 6. The van der Waals surface area contributed by atoms with E-state index in [1.165, 1.54) is 31.5 Å². The Morgan fingerprint density at radius 2 is 1.97 bits per heavy atom. The highest BCUT2D eigenvalue weighted by Gasteiger charge is 2.19. The molecule has 0 amide bonds. The predicted octanol–water partition coefficient (Wildman–Crippen LogP) is 3.34. The third kappa shape index (κ3) is 3.42. The Hall–Kier alpha value is -3.75. The van der Waals surface area contributed by atoms with Crippen molar-refractivity contribution in [3.05, 3.63) is 65.1 Å². The van der Waals surface area contributed by atoms with Crippen LogP contribution >= 0.6 is 0 Å². The molecule has 146 valence electrons. The van der Waals surface area contributed by atoms with Gasteiger partial charge in [-0.05, 0) is 19.1 Å². The molecule has 0 saturated carbocycles. The van der Waals surface area contributed by atoms with E-state index in [1.54, 1.807) is 11.5 Å².